The summed E-state index contributed by atoms with van der Waals surface area (Å²) in [7, 11) is -3.55. The van der Waals surface area contributed by atoms with Crippen molar-refractivity contribution in [3.05, 3.63) is 59.5 Å². The predicted octanol–water partition coefficient (Wildman–Crippen LogP) is 4.60. The maximum Gasteiger partial charge on any atom is 0.261 e. The van der Waals surface area contributed by atoms with E-state index in [0.717, 1.165) is 15.6 Å². The fourth-order valence-electron chi connectivity index (χ4n) is 2.00. The second-order valence-electron chi connectivity index (χ2n) is 4.56. The number of nitrogens with one attached hydrogen (secondary N) is 1. The number of hydrogen-bond donors (Lipinski definition) is 1. The summed E-state index contributed by atoms with van der Waals surface area (Å²) < 4.78 is 28.5. The largest absolute Gasteiger partial charge is 0.280 e. The zero-order valence-corrected chi connectivity index (χ0v) is 14.1. The molecule has 2 aromatic carbocycles. The topological polar surface area (TPSA) is 46.2 Å². The van der Waals surface area contributed by atoms with Gasteiger partial charge in [0.1, 0.15) is 0 Å². The highest BCUT2D eigenvalue weighted by atomic mass is 79.9. The van der Waals surface area contributed by atoms with Gasteiger partial charge in [0.2, 0.25) is 0 Å². The molecule has 1 aromatic heterocycles. The Bertz CT molecular complexity index is 870. The molecule has 0 aliphatic rings. The second-order valence-corrected chi connectivity index (χ2v) is 7.75. The molecular formula is C15H12BrNO2S2. The summed E-state index contributed by atoms with van der Waals surface area (Å²) in [4.78, 5) is 0.262. The van der Waals surface area contributed by atoms with Gasteiger partial charge >= 0.3 is 0 Å². The molecule has 1 N–H and O–H groups in total. The SMILES string of the molecule is O=S(=O)(Nc1ccc2sccc2c1)c1ccc(CBr)cc1. The van der Waals surface area contributed by atoms with E-state index in [1.807, 2.05) is 23.6 Å². The van der Waals surface area contributed by atoms with Crippen LogP contribution in [0.2, 0.25) is 0 Å². The maximum atomic E-state index is 12.4. The molecule has 3 nitrogen and oxygen atoms in total. The Morgan fingerprint density at radius 2 is 1.81 bits per heavy atom. The van der Waals surface area contributed by atoms with Gasteiger partial charge in [-0.1, -0.05) is 28.1 Å². The molecule has 0 radical (unpaired) electrons. The van der Waals surface area contributed by atoms with Crippen molar-refractivity contribution in [2.45, 2.75) is 10.2 Å². The van der Waals surface area contributed by atoms with Gasteiger partial charge in [-0.25, -0.2) is 8.42 Å². The number of rotatable bonds is 4. The van der Waals surface area contributed by atoms with Crippen molar-refractivity contribution < 1.29 is 8.42 Å². The Morgan fingerprint density at radius 1 is 1.05 bits per heavy atom. The molecule has 0 aliphatic carbocycles. The Balaban J connectivity index is 1.90. The van der Waals surface area contributed by atoms with Crippen LogP contribution in [0.15, 0.2) is 58.8 Å². The number of benzene rings is 2. The lowest BCUT2D eigenvalue weighted by Gasteiger charge is -2.08. The van der Waals surface area contributed by atoms with Crippen LogP contribution in [0, 0.1) is 0 Å². The van der Waals surface area contributed by atoms with Gasteiger partial charge in [0.05, 0.1) is 4.90 Å². The highest BCUT2D eigenvalue weighted by Crippen LogP contribution is 2.25. The van der Waals surface area contributed by atoms with Crippen LogP contribution in [0.4, 0.5) is 5.69 Å². The first-order chi connectivity index (χ1) is 10.1. The van der Waals surface area contributed by atoms with E-state index in [2.05, 4.69) is 20.7 Å². The van der Waals surface area contributed by atoms with Gasteiger partial charge in [0, 0.05) is 15.7 Å². The van der Waals surface area contributed by atoms with Crippen LogP contribution in [-0.4, -0.2) is 8.42 Å². The van der Waals surface area contributed by atoms with E-state index in [1.54, 1.807) is 41.7 Å². The van der Waals surface area contributed by atoms with E-state index in [4.69, 9.17) is 0 Å². The molecule has 0 amide bonds. The van der Waals surface area contributed by atoms with Crippen LogP contribution in [0.25, 0.3) is 10.1 Å². The first-order valence-electron chi connectivity index (χ1n) is 6.23. The molecule has 0 spiro atoms. The van der Waals surface area contributed by atoms with Gasteiger partial charge in [-0.2, -0.15) is 0 Å². The summed E-state index contributed by atoms with van der Waals surface area (Å²) in [5, 5.41) is 3.73. The molecular weight excluding hydrogens is 370 g/mol. The van der Waals surface area contributed by atoms with E-state index in [-0.39, 0.29) is 4.90 Å². The van der Waals surface area contributed by atoms with Crippen LogP contribution in [0.1, 0.15) is 5.56 Å². The molecule has 3 rings (SSSR count). The summed E-state index contributed by atoms with van der Waals surface area (Å²) in [6, 6.07) is 14.3. The second kappa shape index (κ2) is 5.79. The lowest BCUT2D eigenvalue weighted by Crippen LogP contribution is -2.12. The monoisotopic (exact) mass is 381 g/mol. The minimum absolute atomic E-state index is 0.262. The fourth-order valence-corrected chi connectivity index (χ4v) is 4.20. The van der Waals surface area contributed by atoms with Crippen molar-refractivity contribution in [1.82, 2.24) is 0 Å². The summed E-state index contributed by atoms with van der Waals surface area (Å²) in [5.74, 6) is 0. The van der Waals surface area contributed by atoms with Crippen molar-refractivity contribution >= 4 is 53.1 Å². The van der Waals surface area contributed by atoms with Crippen LogP contribution in [0.3, 0.4) is 0 Å². The predicted molar refractivity (Wildman–Crippen MR) is 91.7 cm³/mol. The average Bonchev–Trinajstić information content (AvgIpc) is 2.94. The molecule has 0 unspecified atom stereocenters. The summed E-state index contributed by atoms with van der Waals surface area (Å²) in [6.07, 6.45) is 0. The standard InChI is InChI=1S/C15H12BrNO2S2/c16-10-11-1-4-14(5-2-11)21(18,19)17-13-3-6-15-12(9-13)7-8-20-15/h1-9,17H,10H2. The van der Waals surface area contributed by atoms with Crippen LogP contribution in [0.5, 0.6) is 0 Å². The highest BCUT2D eigenvalue weighted by molar-refractivity contribution is 9.08. The quantitative estimate of drug-likeness (QED) is 0.671. The number of anilines is 1. The van der Waals surface area contributed by atoms with Gasteiger partial charge in [0.15, 0.2) is 0 Å². The lowest BCUT2D eigenvalue weighted by atomic mass is 10.2. The van der Waals surface area contributed by atoms with Gasteiger partial charge in [-0.3, -0.25) is 4.72 Å². The third-order valence-electron chi connectivity index (χ3n) is 3.09. The number of hydrogen-bond acceptors (Lipinski definition) is 3. The van der Waals surface area contributed by atoms with Crippen molar-refractivity contribution in [3.63, 3.8) is 0 Å². The van der Waals surface area contributed by atoms with E-state index >= 15 is 0 Å². The van der Waals surface area contributed by atoms with Crippen molar-refractivity contribution in [2.75, 3.05) is 4.72 Å². The number of alkyl halides is 1. The minimum Gasteiger partial charge on any atom is -0.280 e. The van der Waals surface area contributed by atoms with E-state index < -0.39 is 10.0 Å². The lowest BCUT2D eigenvalue weighted by molar-refractivity contribution is 0.601. The molecule has 21 heavy (non-hydrogen) atoms. The molecule has 0 atom stereocenters. The summed E-state index contributed by atoms with van der Waals surface area (Å²) in [6.45, 7) is 0. The Hall–Kier alpha value is -1.37. The average molecular weight is 382 g/mol. The molecule has 0 saturated heterocycles. The third kappa shape index (κ3) is 3.12. The van der Waals surface area contributed by atoms with Crippen molar-refractivity contribution in [1.29, 1.82) is 0 Å². The van der Waals surface area contributed by atoms with Gasteiger partial charge in [-0.05, 0) is 52.7 Å². The van der Waals surface area contributed by atoms with E-state index in [1.165, 1.54) is 0 Å². The first-order valence-corrected chi connectivity index (χ1v) is 9.72. The van der Waals surface area contributed by atoms with Gasteiger partial charge in [0.25, 0.3) is 10.0 Å². The maximum absolute atomic E-state index is 12.4. The van der Waals surface area contributed by atoms with E-state index in [0.29, 0.717) is 11.0 Å². The Labute approximate surface area is 135 Å². The molecule has 0 fully saturated rings. The van der Waals surface area contributed by atoms with E-state index in [9.17, 15) is 8.42 Å². The molecule has 108 valence electrons. The van der Waals surface area contributed by atoms with Gasteiger partial charge < -0.3 is 0 Å². The summed E-state index contributed by atoms with van der Waals surface area (Å²) >= 11 is 4.97. The highest BCUT2D eigenvalue weighted by Gasteiger charge is 2.14. The van der Waals surface area contributed by atoms with Crippen molar-refractivity contribution in [3.8, 4) is 0 Å². The third-order valence-corrected chi connectivity index (χ3v) is 6.04. The van der Waals surface area contributed by atoms with Gasteiger partial charge in [-0.15, -0.1) is 11.3 Å². The minimum atomic E-state index is -3.55. The summed E-state index contributed by atoms with van der Waals surface area (Å²) in [5.41, 5.74) is 1.61. The van der Waals surface area contributed by atoms with Crippen LogP contribution >= 0.6 is 27.3 Å². The molecule has 0 saturated carbocycles. The number of halogens is 1. The van der Waals surface area contributed by atoms with Crippen LogP contribution < -0.4 is 4.72 Å². The smallest absolute Gasteiger partial charge is 0.261 e. The number of fused-ring (bicyclic) bond motifs is 1. The van der Waals surface area contributed by atoms with Crippen molar-refractivity contribution in [2.24, 2.45) is 0 Å². The Kier molecular flexibility index (Phi) is 4.01. The molecule has 0 bridgehead atoms. The number of thiophene rings is 1. The molecule has 1 heterocycles. The number of sulfonamides is 1. The Morgan fingerprint density at radius 3 is 2.52 bits per heavy atom. The first kappa shape index (κ1) is 14.6. The zero-order chi connectivity index (χ0) is 14.9. The normalized spacial score (nSPS) is 11.7. The molecule has 3 aromatic rings. The molecule has 6 heteroatoms. The fraction of sp³-hybridized carbons (Fsp3) is 0.0667. The zero-order valence-electron chi connectivity index (χ0n) is 10.9. The van der Waals surface area contributed by atoms with Crippen LogP contribution in [-0.2, 0) is 15.4 Å². The molecule has 0 aliphatic heterocycles.